The van der Waals surface area contributed by atoms with Gasteiger partial charge in [0.1, 0.15) is 19.0 Å². The summed E-state index contributed by atoms with van der Waals surface area (Å²) in [6.45, 7) is 4.70. The van der Waals surface area contributed by atoms with Crippen LogP contribution >= 0.6 is 0 Å². The molecule has 1 aromatic carbocycles. The van der Waals surface area contributed by atoms with Crippen LogP contribution in [0.1, 0.15) is 12.8 Å². The monoisotopic (exact) mass is 290 g/mol. The van der Waals surface area contributed by atoms with Crippen molar-refractivity contribution < 1.29 is 14.3 Å². The first kappa shape index (κ1) is 14.2. The van der Waals surface area contributed by atoms with Crippen LogP contribution in [0.4, 0.5) is 4.79 Å². The van der Waals surface area contributed by atoms with E-state index in [-0.39, 0.29) is 6.09 Å². The lowest BCUT2D eigenvalue weighted by atomic mass is 10.2. The van der Waals surface area contributed by atoms with E-state index in [1.807, 2.05) is 30.3 Å². The zero-order valence-corrected chi connectivity index (χ0v) is 12.2. The van der Waals surface area contributed by atoms with Crippen molar-refractivity contribution in [2.45, 2.75) is 18.9 Å². The Kier molecular flexibility index (Phi) is 4.60. The Hall–Kier alpha value is -1.75. The molecular weight excluding hydrogens is 268 g/mol. The first-order valence-corrected chi connectivity index (χ1v) is 7.66. The van der Waals surface area contributed by atoms with Crippen molar-refractivity contribution >= 4 is 6.09 Å². The minimum atomic E-state index is -0.175. The number of ether oxygens (including phenoxy) is 2. The van der Waals surface area contributed by atoms with E-state index in [4.69, 9.17) is 9.47 Å². The lowest BCUT2D eigenvalue weighted by Crippen LogP contribution is -2.40. The third kappa shape index (κ3) is 3.67. The summed E-state index contributed by atoms with van der Waals surface area (Å²) in [5.74, 6) is 0.924. The van der Waals surface area contributed by atoms with Crippen LogP contribution in [0, 0.1) is 0 Å². The van der Waals surface area contributed by atoms with Crippen LogP contribution in [0.2, 0.25) is 0 Å². The van der Waals surface area contributed by atoms with Crippen LogP contribution < -0.4 is 4.74 Å². The second-order valence-electron chi connectivity index (χ2n) is 5.56. The van der Waals surface area contributed by atoms with Gasteiger partial charge in [-0.2, -0.15) is 0 Å². The molecule has 2 aliphatic rings. The van der Waals surface area contributed by atoms with Gasteiger partial charge in [-0.25, -0.2) is 4.79 Å². The average Bonchev–Trinajstić information content (AvgIpc) is 3.13. The quantitative estimate of drug-likeness (QED) is 0.803. The minimum absolute atomic E-state index is 0.175. The summed E-state index contributed by atoms with van der Waals surface area (Å²) in [5, 5.41) is 0. The molecule has 0 aromatic heterocycles. The van der Waals surface area contributed by atoms with E-state index >= 15 is 0 Å². The molecule has 0 N–H and O–H groups in total. The highest BCUT2D eigenvalue weighted by Gasteiger charge is 2.27. The molecule has 2 heterocycles. The first-order chi connectivity index (χ1) is 10.3. The van der Waals surface area contributed by atoms with Gasteiger partial charge in [-0.15, -0.1) is 0 Å². The number of likely N-dealkylation sites (tertiary alicyclic amines) is 1. The van der Waals surface area contributed by atoms with E-state index < -0.39 is 0 Å². The second kappa shape index (κ2) is 6.80. The molecule has 1 aromatic rings. The summed E-state index contributed by atoms with van der Waals surface area (Å²) >= 11 is 0. The number of rotatable bonds is 6. The number of benzene rings is 1. The summed E-state index contributed by atoms with van der Waals surface area (Å²) in [6, 6.07) is 10.4. The minimum Gasteiger partial charge on any atom is -0.492 e. The van der Waals surface area contributed by atoms with Crippen LogP contribution in [0.3, 0.4) is 0 Å². The molecule has 5 heteroatoms. The topological polar surface area (TPSA) is 42.0 Å². The lowest BCUT2D eigenvalue weighted by molar-refractivity contribution is 0.142. The number of carbonyl (C=O) groups excluding carboxylic acids is 1. The van der Waals surface area contributed by atoms with E-state index in [9.17, 15) is 4.79 Å². The molecule has 3 rings (SSSR count). The van der Waals surface area contributed by atoms with Gasteiger partial charge in [0.2, 0.25) is 0 Å². The van der Waals surface area contributed by atoms with Gasteiger partial charge in [-0.3, -0.25) is 4.90 Å². The van der Waals surface area contributed by atoms with E-state index in [0.29, 0.717) is 19.3 Å². The molecule has 1 atom stereocenters. The Bertz CT molecular complexity index is 466. The zero-order valence-electron chi connectivity index (χ0n) is 12.2. The molecule has 1 amide bonds. The molecule has 0 radical (unpaired) electrons. The number of para-hydroxylation sites is 1. The van der Waals surface area contributed by atoms with Crippen LogP contribution in [0.15, 0.2) is 30.3 Å². The average molecular weight is 290 g/mol. The maximum atomic E-state index is 11.4. The van der Waals surface area contributed by atoms with Gasteiger partial charge in [-0.1, -0.05) is 18.2 Å². The van der Waals surface area contributed by atoms with Crippen molar-refractivity contribution in [1.29, 1.82) is 0 Å². The molecule has 0 aliphatic carbocycles. The SMILES string of the molecule is O=C1OCCN1CCN1CCCC1COc1ccccc1. The number of hydrogen-bond acceptors (Lipinski definition) is 4. The number of hydrogen-bond donors (Lipinski definition) is 0. The molecule has 2 saturated heterocycles. The molecule has 2 aliphatic heterocycles. The van der Waals surface area contributed by atoms with Crippen molar-refractivity contribution in [1.82, 2.24) is 9.80 Å². The zero-order chi connectivity index (χ0) is 14.5. The van der Waals surface area contributed by atoms with E-state index in [0.717, 1.165) is 38.3 Å². The summed E-state index contributed by atoms with van der Waals surface area (Å²) in [4.78, 5) is 15.6. The highest BCUT2D eigenvalue weighted by Crippen LogP contribution is 2.19. The largest absolute Gasteiger partial charge is 0.492 e. The van der Waals surface area contributed by atoms with Gasteiger partial charge in [0.05, 0.1) is 6.54 Å². The fourth-order valence-corrected chi connectivity index (χ4v) is 2.97. The number of cyclic esters (lactones) is 1. The summed E-state index contributed by atoms with van der Waals surface area (Å²) < 4.78 is 10.8. The molecule has 2 fully saturated rings. The Morgan fingerprint density at radius 3 is 2.81 bits per heavy atom. The van der Waals surface area contributed by atoms with Crippen LogP contribution in [-0.2, 0) is 4.74 Å². The standard InChI is InChI=1S/C16H22N2O3/c19-16-18(11-12-20-16)10-9-17-8-4-5-14(17)13-21-15-6-2-1-3-7-15/h1-3,6-7,14H,4-5,8-13H2. The van der Waals surface area contributed by atoms with E-state index in [1.54, 1.807) is 4.90 Å². The van der Waals surface area contributed by atoms with Gasteiger partial charge >= 0.3 is 6.09 Å². The Morgan fingerprint density at radius 2 is 2.05 bits per heavy atom. The Labute approximate surface area is 125 Å². The Morgan fingerprint density at radius 1 is 1.19 bits per heavy atom. The first-order valence-electron chi connectivity index (χ1n) is 7.66. The predicted octanol–water partition coefficient (Wildman–Crippen LogP) is 1.98. The maximum Gasteiger partial charge on any atom is 0.409 e. The highest BCUT2D eigenvalue weighted by atomic mass is 16.6. The molecule has 1 unspecified atom stereocenters. The van der Waals surface area contributed by atoms with Crippen LogP contribution in [0.25, 0.3) is 0 Å². The fraction of sp³-hybridized carbons (Fsp3) is 0.562. The van der Waals surface area contributed by atoms with Crippen molar-refractivity contribution in [2.24, 2.45) is 0 Å². The smallest absolute Gasteiger partial charge is 0.409 e. The van der Waals surface area contributed by atoms with Gasteiger partial charge in [-0.05, 0) is 31.5 Å². The van der Waals surface area contributed by atoms with E-state index in [2.05, 4.69) is 4.90 Å². The molecule has 0 spiro atoms. The van der Waals surface area contributed by atoms with Crippen molar-refractivity contribution in [3.8, 4) is 5.75 Å². The molecular formula is C16H22N2O3. The van der Waals surface area contributed by atoms with Gasteiger partial charge in [0, 0.05) is 19.1 Å². The van der Waals surface area contributed by atoms with Gasteiger partial charge in [0.25, 0.3) is 0 Å². The number of nitrogens with zero attached hydrogens (tertiary/aromatic N) is 2. The van der Waals surface area contributed by atoms with Crippen LogP contribution in [-0.4, -0.2) is 61.3 Å². The van der Waals surface area contributed by atoms with Crippen LogP contribution in [0.5, 0.6) is 5.75 Å². The van der Waals surface area contributed by atoms with Gasteiger partial charge in [0.15, 0.2) is 0 Å². The third-order valence-corrected chi connectivity index (χ3v) is 4.19. The Balaban J connectivity index is 1.45. The molecule has 0 saturated carbocycles. The molecule has 0 bridgehead atoms. The summed E-state index contributed by atoms with van der Waals surface area (Å²) in [5.41, 5.74) is 0. The number of carbonyl (C=O) groups is 1. The summed E-state index contributed by atoms with van der Waals surface area (Å²) in [6.07, 6.45) is 2.19. The van der Waals surface area contributed by atoms with Crippen molar-refractivity contribution in [3.05, 3.63) is 30.3 Å². The number of amides is 1. The highest BCUT2D eigenvalue weighted by molar-refractivity contribution is 5.69. The molecule has 21 heavy (non-hydrogen) atoms. The summed E-state index contributed by atoms with van der Waals surface area (Å²) in [7, 11) is 0. The normalized spacial score (nSPS) is 22.6. The lowest BCUT2D eigenvalue weighted by Gasteiger charge is -2.26. The molecule has 5 nitrogen and oxygen atoms in total. The predicted molar refractivity (Wildman–Crippen MR) is 79.5 cm³/mol. The fourth-order valence-electron chi connectivity index (χ4n) is 2.97. The van der Waals surface area contributed by atoms with Crippen molar-refractivity contribution in [2.75, 3.05) is 39.4 Å². The van der Waals surface area contributed by atoms with E-state index in [1.165, 1.54) is 6.42 Å². The second-order valence-corrected chi connectivity index (χ2v) is 5.56. The molecule has 114 valence electrons. The third-order valence-electron chi connectivity index (χ3n) is 4.19. The van der Waals surface area contributed by atoms with Gasteiger partial charge < -0.3 is 14.4 Å². The maximum absolute atomic E-state index is 11.4. The van der Waals surface area contributed by atoms with Crippen molar-refractivity contribution in [3.63, 3.8) is 0 Å².